The van der Waals surface area contributed by atoms with Crippen molar-refractivity contribution in [3.8, 4) is 0 Å². The van der Waals surface area contributed by atoms with Crippen LogP contribution in [0.15, 0.2) is 144 Å². The molecule has 0 aliphatic rings. The van der Waals surface area contributed by atoms with Crippen molar-refractivity contribution in [2.45, 2.75) is 36.8 Å². The third-order valence-corrected chi connectivity index (χ3v) is 8.73. The number of aryl methyl sites for hydroxylation is 1. The molecule has 0 saturated carbocycles. The number of amides is 3. The summed E-state index contributed by atoms with van der Waals surface area (Å²) < 4.78 is 0. The van der Waals surface area contributed by atoms with Crippen LogP contribution in [0.25, 0.3) is 6.08 Å². The second-order valence-corrected chi connectivity index (χ2v) is 12.6. The first kappa shape index (κ1) is 33.0. The first-order valence-corrected chi connectivity index (χ1v) is 16.3. The number of hydrogen-bond acceptors (Lipinski definition) is 4. The van der Waals surface area contributed by atoms with Gasteiger partial charge in [-0.3, -0.25) is 14.4 Å². The predicted octanol–water partition coefficient (Wildman–Crippen LogP) is 9.00. The third-order valence-electron chi connectivity index (χ3n) is 7.47. The average Bonchev–Trinajstić information content (AvgIpc) is 3.09. The fourth-order valence-electron chi connectivity index (χ4n) is 4.78. The highest BCUT2D eigenvalue weighted by Gasteiger charge is 2.23. The molecule has 5 rings (SSSR count). The smallest absolute Gasteiger partial charge is 0.272 e. The van der Waals surface area contributed by atoms with Gasteiger partial charge in [0.2, 0.25) is 5.91 Å². The second-order valence-electron chi connectivity index (χ2n) is 11.4. The first-order valence-electron chi connectivity index (χ1n) is 15.4. The lowest BCUT2D eigenvalue weighted by atomic mass is 10.0. The Morgan fingerprint density at radius 3 is 1.83 bits per heavy atom. The van der Waals surface area contributed by atoms with Crippen molar-refractivity contribution >= 4 is 46.9 Å². The van der Waals surface area contributed by atoms with Gasteiger partial charge in [0.1, 0.15) is 10.9 Å². The normalized spacial score (nSPS) is 11.9. The molecule has 5 aromatic carbocycles. The van der Waals surface area contributed by atoms with E-state index in [0.717, 1.165) is 27.3 Å². The topological polar surface area (TPSA) is 87.3 Å². The highest BCUT2D eigenvalue weighted by Crippen LogP contribution is 2.37. The van der Waals surface area contributed by atoms with Crippen LogP contribution in [-0.4, -0.2) is 17.7 Å². The first-order chi connectivity index (χ1) is 22.7. The van der Waals surface area contributed by atoms with Gasteiger partial charge in [-0.25, -0.2) is 0 Å². The van der Waals surface area contributed by atoms with Crippen molar-refractivity contribution < 1.29 is 14.4 Å². The molecule has 5 aromatic rings. The SMILES string of the molecule is Cc1ccc(/C=C(\NC(=O)c2ccccc2)C(=O)Nc2ccc(SC(C(=O)Nc3ccc(C(C)C)cc3)c3ccccc3)cc2)cc1. The number of carbonyl (C=O) groups is 3. The van der Waals surface area contributed by atoms with Crippen molar-refractivity contribution in [2.24, 2.45) is 0 Å². The van der Waals surface area contributed by atoms with Gasteiger partial charge < -0.3 is 16.0 Å². The molecule has 1 unspecified atom stereocenters. The third kappa shape index (κ3) is 9.31. The fraction of sp³-hybridized carbons (Fsp3) is 0.125. The fourth-order valence-corrected chi connectivity index (χ4v) is 5.81. The molecule has 0 aliphatic carbocycles. The molecule has 3 N–H and O–H groups in total. The van der Waals surface area contributed by atoms with Crippen LogP contribution in [0.1, 0.15) is 57.6 Å². The molecule has 0 aromatic heterocycles. The molecule has 0 heterocycles. The van der Waals surface area contributed by atoms with E-state index in [9.17, 15) is 14.4 Å². The number of anilines is 2. The number of benzene rings is 5. The van der Waals surface area contributed by atoms with Gasteiger partial charge in [0, 0.05) is 21.8 Å². The summed E-state index contributed by atoms with van der Waals surface area (Å²) in [4.78, 5) is 40.8. The number of carbonyl (C=O) groups excluding carboxylic acids is 3. The summed E-state index contributed by atoms with van der Waals surface area (Å²) in [6.07, 6.45) is 1.65. The van der Waals surface area contributed by atoms with Gasteiger partial charge in [-0.1, -0.05) is 104 Å². The van der Waals surface area contributed by atoms with Gasteiger partial charge in [0.25, 0.3) is 11.8 Å². The summed E-state index contributed by atoms with van der Waals surface area (Å²) in [6, 6.07) is 41.3. The molecule has 47 heavy (non-hydrogen) atoms. The Morgan fingerprint density at radius 1 is 0.638 bits per heavy atom. The number of thioether (sulfide) groups is 1. The largest absolute Gasteiger partial charge is 0.325 e. The van der Waals surface area contributed by atoms with Crippen molar-refractivity contribution in [1.29, 1.82) is 0 Å². The van der Waals surface area contributed by atoms with Crippen LogP contribution in [0.4, 0.5) is 11.4 Å². The standard InChI is InChI=1S/C40H37N3O3S/c1-27(2)30-18-20-33(21-19-30)42-40(46)37(31-10-6-4-7-11-31)47-35-24-22-34(23-25-35)41-39(45)36(26-29-16-14-28(3)15-17-29)43-38(44)32-12-8-5-9-13-32/h4-27,37H,1-3H3,(H,41,45)(H,42,46)(H,43,44)/b36-26-. The average molecular weight is 640 g/mol. The lowest BCUT2D eigenvalue weighted by Crippen LogP contribution is -2.30. The minimum Gasteiger partial charge on any atom is -0.325 e. The number of hydrogen-bond donors (Lipinski definition) is 3. The van der Waals surface area contributed by atoms with E-state index in [1.807, 2.05) is 104 Å². The van der Waals surface area contributed by atoms with Gasteiger partial charge in [0.05, 0.1) is 0 Å². The molecule has 6 nitrogen and oxygen atoms in total. The predicted molar refractivity (Wildman–Crippen MR) is 192 cm³/mol. The quantitative estimate of drug-likeness (QED) is 0.0995. The lowest BCUT2D eigenvalue weighted by molar-refractivity contribution is -0.116. The number of rotatable bonds is 11. The van der Waals surface area contributed by atoms with Crippen LogP contribution in [0.5, 0.6) is 0 Å². The van der Waals surface area contributed by atoms with Crippen LogP contribution >= 0.6 is 11.8 Å². The Balaban J connectivity index is 1.31. The summed E-state index contributed by atoms with van der Waals surface area (Å²) >= 11 is 1.43. The molecule has 0 radical (unpaired) electrons. The highest BCUT2D eigenvalue weighted by molar-refractivity contribution is 8.00. The molecular formula is C40H37N3O3S. The van der Waals surface area contributed by atoms with Gasteiger partial charge in [-0.05, 0) is 84.1 Å². The summed E-state index contributed by atoms with van der Waals surface area (Å²) in [5.41, 5.74) is 5.81. The molecule has 0 saturated heterocycles. The maximum atomic E-state index is 13.6. The Labute approximate surface area is 280 Å². The number of nitrogens with one attached hydrogen (secondary N) is 3. The van der Waals surface area contributed by atoms with Crippen LogP contribution in [0.3, 0.4) is 0 Å². The zero-order valence-corrected chi connectivity index (χ0v) is 27.4. The Bertz CT molecular complexity index is 1840. The zero-order valence-electron chi connectivity index (χ0n) is 26.6. The maximum Gasteiger partial charge on any atom is 0.272 e. The van der Waals surface area contributed by atoms with E-state index in [-0.39, 0.29) is 17.5 Å². The molecule has 0 spiro atoms. The van der Waals surface area contributed by atoms with Crippen LogP contribution in [0, 0.1) is 6.92 Å². The molecule has 236 valence electrons. The lowest BCUT2D eigenvalue weighted by Gasteiger charge is -2.18. The molecule has 1 atom stereocenters. The Hall–Kier alpha value is -5.40. The minimum absolute atomic E-state index is 0.114. The minimum atomic E-state index is -0.501. The van der Waals surface area contributed by atoms with Gasteiger partial charge in [-0.2, -0.15) is 0 Å². The maximum absolute atomic E-state index is 13.6. The van der Waals surface area contributed by atoms with Crippen LogP contribution in [0.2, 0.25) is 0 Å². The monoisotopic (exact) mass is 639 g/mol. The van der Waals surface area contributed by atoms with Crippen molar-refractivity contribution in [3.05, 3.63) is 167 Å². The Morgan fingerprint density at radius 2 is 1.21 bits per heavy atom. The molecule has 0 aliphatic heterocycles. The van der Waals surface area contributed by atoms with E-state index < -0.39 is 11.2 Å². The van der Waals surface area contributed by atoms with E-state index in [4.69, 9.17) is 0 Å². The Kier molecular flexibility index (Phi) is 11.0. The van der Waals surface area contributed by atoms with Crippen molar-refractivity contribution in [2.75, 3.05) is 10.6 Å². The van der Waals surface area contributed by atoms with Crippen molar-refractivity contribution in [3.63, 3.8) is 0 Å². The summed E-state index contributed by atoms with van der Waals surface area (Å²) in [5.74, 6) is -0.563. The van der Waals surface area contributed by atoms with E-state index in [1.165, 1.54) is 17.3 Å². The molecule has 0 fully saturated rings. The van der Waals surface area contributed by atoms with Crippen molar-refractivity contribution in [1.82, 2.24) is 5.32 Å². The molecule has 7 heteroatoms. The van der Waals surface area contributed by atoms with Crippen LogP contribution in [-0.2, 0) is 9.59 Å². The molecular weight excluding hydrogens is 603 g/mol. The van der Waals surface area contributed by atoms with E-state index in [2.05, 4.69) is 29.8 Å². The second kappa shape index (κ2) is 15.7. The summed E-state index contributed by atoms with van der Waals surface area (Å²) in [7, 11) is 0. The van der Waals surface area contributed by atoms with Crippen LogP contribution < -0.4 is 16.0 Å². The van der Waals surface area contributed by atoms with E-state index in [0.29, 0.717) is 17.2 Å². The molecule has 3 amide bonds. The highest BCUT2D eigenvalue weighted by atomic mass is 32.2. The summed E-state index contributed by atoms with van der Waals surface area (Å²) in [6.45, 7) is 6.26. The van der Waals surface area contributed by atoms with E-state index in [1.54, 1.807) is 42.5 Å². The summed E-state index contributed by atoms with van der Waals surface area (Å²) in [5, 5.41) is 8.24. The van der Waals surface area contributed by atoms with Gasteiger partial charge in [0.15, 0.2) is 0 Å². The molecule has 0 bridgehead atoms. The zero-order chi connectivity index (χ0) is 33.2. The van der Waals surface area contributed by atoms with Gasteiger partial charge in [-0.15, -0.1) is 11.8 Å². The van der Waals surface area contributed by atoms with E-state index >= 15 is 0 Å². The van der Waals surface area contributed by atoms with Gasteiger partial charge >= 0.3 is 0 Å².